The summed E-state index contributed by atoms with van der Waals surface area (Å²) in [6, 6.07) is 5.82. The minimum atomic E-state index is -0.536. The molecule has 0 atom stereocenters. The van der Waals surface area contributed by atoms with Gasteiger partial charge < -0.3 is 9.47 Å². The highest BCUT2D eigenvalue weighted by Crippen LogP contribution is 2.17. The lowest BCUT2D eigenvalue weighted by molar-refractivity contribution is -0.142. The number of ether oxygens (including phenoxy) is 2. The second kappa shape index (κ2) is 8.23. The van der Waals surface area contributed by atoms with Gasteiger partial charge in [-0.15, -0.1) is 11.3 Å². The van der Waals surface area contributed by atoms with Gasteiger partial charge in [0, 0.05) is 5.38 Å². The van der Waals surface area contributed by atoms with Gasteiger partial charge in [-0.1, -0.05) is 12.1 Å². The summed E-state index contributed by atoms with van der Waals surface area (Å²) in [6.45, 7) is 1.69. The van der Waals surface area contributed by atoms with Crippen molar-refractivity contribution in [3.63, 3.8) is 0 Å². The number of hydrogen-bond acceptors (Lipinski definition) is 6. The molecule has 1 amide bonds. The molecular formula is C15H15FN2O4S. The number of thiazole rings is 1. The van der Waals surface area contributed by atoms with Gasteiger partial charge in [-0.25, -0.2) is 9.37 Å². The van der Waals surface area contributed by atoms with Crippen LogP contribution in [-0.4, -0.2) is 30.1 Å². The summed E-state index contributed by atoms with van der Waals surface area (Å²) in [7, 11) is 0. The number of carbonyl (C=O) groups excluding carboxylic acids is 2. The molecule has 1 aromatic heterocycles. The van der Waals surface area contributed by atoms with Gasteiger partial charge in [0.05, 0.1) is 18.7 Å². The molecule has 1 aromatic carbocycles. The molecule has 2 aromatic rings. The van der Waals surface area contributed by atoms with Gasteiger partial charge in [-0.05, 0) is 19.1 Å². The van der Waals surface area contributed by atoms with Gasteiger partial charge in [-0.3, -0.25) is 14.9 Å². The molecule has 23 heavy (non-hydrogen) atoms. The van der Waals surface area contributed by atoms with Crippen molar-refractivity contribution < 1.29 is 23.5 Å². The molecule has 122 valence electrons. The maximum Gasteiger partial charge on any atom is 0.311 e. The fourth-order valence-electron chi connectivity index (χ4n) is 1.67. The molecule has 0 aliphatic rings. The summed E-state index contributed by atoms with van der Waals surface area (Å²) < 4.78 is 23.3. The smallest absolute Gasteiger partial charge is 0.311 e. The lowest BCUT2D eigenvalue weighted by Crippen LogP contribution is -2.20. The van der Waals surface area contributed by atoms with E-state index < -0.39 is 11.7 Å². The first kappa shape index (κ1) is 16.9. The predicted octanol–water partition coefficient (Wildman–Crippen LogP) is 2.41. The molecule has 2 rings (SSSR count). The molecule has 0 fully saturated rings. The van der Waals surface area contributed by atoms with Crippen molar-refractivity contribution in [3.8, 4) is 5.75 Å². The number of hydrogen-bond donors (Lipinski definition) is 1. The molecule has 0 aliphatic heterocycles. The van der Waals surface area contributed by atoms with Crippen LogP contribution >= 0.6 is 11.3 Å². The molecule has 0 saturated heterocycles. The van der Waals surface area contributed by atoms with E-state index in [2.05, 4.69) is 10.3 Å². The molecule has 1 N–H and O–H groups in total. The Morgan fingerprint density at radius 2 is 2.13 bits per heavy atom. The predicted molar refractivity (Wildman–Crippen MR) is 83.0 cm³/mol. The standard InChI is InChI=1S/C15H15FN2O4S/c1-2-21-14(20)7-10-9-23-15(17-10)18-13(19)8-22-12-6-4-3-5-11(12)16/h3-6,9H,2,7-8H2,1H3,(H,17,18,19). The van der Waals surface area contributed by atoms with E-state index in [-0.39, 0.29) is 24.7 Å². The van der Waals surface area contributed by atoms with Gasteiger partial charge in [-0.2, -0.15) is 0 Å². The Kier molecular flexibility index (Phi) is 6.04. The minimum absolute atomic E-state index is 0.00443. The SMILES string of the molecule is CCOC(=O)Cc1csc(NC(=O)COc2ccccc2F)n1. The van der Waals surface area contributed by atoms with E-state index in [0.717, 1.165) is 0 Å². The third kappa shape index (κ3) is 5.33. The molecule has 6 nitrogen and oxygen atoms in total. The van der Waals surface area contributed by atoms with Crippen LogP contribution in [-0.2, 0) is 20.7 Å². The second-order valence-corrected chi connectivity index (χ2v) is 5.25. The van der Waals surface area contributed by atoms with E-state index in [1.807, 2.05) is 0 Å². The average Bonchev–Trinajstić information content (AvgIpc) is 2.93. The molecule has 0 aliphatic carbocycles. The maximum absolute atomic E-state index is 13.3. The number of aromatic nitrogens is 1. The van der Waals surface area contributed by atoms with Crippen LogP contribution in [0.3, 0.4) is 0 Å². The van der Waals surface area contributed by atoms with Crippen molar-refractivity contribution in [1.29, 1.82) is 0 Å². The zero-order valence-electron chi connectivity index (χ0n) is 12.4. The Bertz CT molecular complexity index is 690. The molecule has 0 saturated carbocycles. The fourth-order valence-corrected chi connectivity index (χ4v) is 2.39. The number of halogens is 1. The van der Waals surface area contributed by atoms with E-state index in [1.54, 1.807) is 18.4 Å². The van der Waals surface area contributed by atoms with E-state index in [1.165, 1.54) is 29.5 Å². The van der Waals surface area contributed by atoms with E-state index in [0.29, 0.717) is 17.4 Å². The second-order valence-electron chi connectivity index (χ2n) is 4.39. The molecule has 0 spiro atoms. The molecule has 0 unspecified atom stereocenters. The van der Waals surface area contributed by atoms with Crippen molar-refractivity contribution >= 4 is 28.3 Å². The lowest BCUT2D eigenvalue weighted by Gasteiger charge is -2.06. The Morgan fingerprint density at radius 3 is 2.87 bits per heavy atom. The summed E-state index contributed by atoms with van der Waals surface area (Å²) in [5.74, 6) is -1.38. The molecule has 1 heterocycles. The van der Waals surface area contributed by atoms with Crippen LogP contribution in [0.2, 0.25) is 0 Å². The topological polar surface area (TPSA) is 77.5 Å². The maximum atomic E-state index is 13.3. The number of rotatable bonds is 7. The number of para-hydroxylation sites is 1. The number of carbonyl (C=O) groups is 2. The summed E-state index contributed by atoms with van der Waals surface area (Å²) in [4.78, 5) is 27.2. The largest absolute Gasteiger partial charge is 0.481 e. The van der Waals surface area contributed by atoms with Crippen LogP contribution in [0.5, 0.6) is 5.75 Å². The van der Waals surface area contributed by atoms with Crippen LogP contribution in [0.1, 0.15) is 12.6 Å². The average molecular weight is 338 g/mol. The summed E-state index contributed by atoms with van der Waals surface area (Å²) >= 11 is 1.18. The normalized spacial score (nSPS) is 10.2. The Labute approximate surface area is 136 Å². The fraction of sp³-hybridized carbons (Fsp3) is 0.267. The quantitative estimate of drug-likeness (QED) is 0.785. The summed E-state index contributed by atoms with van der Waals surface area (Å²) in [5.41, 5.74) is 0.513. The number of esters is 1. The van der Waals surface area contributed by atoms with E-state index >= 15 is 0 Å². The Morgan fingerprint density at radius 1 is 1.35 bits per heavy atom. The lowest BCUT2D eigenvalue weighted by atomic mass is 10.3. The zero-order chi connectivity index (χ0) is 16.7. The molecule has 8 heteroatoms. The Balaban J connectivity index is 1.82. The van der Waals surface area contributed by atoms with Crippen LogP contribution in [0.15, 0.2) is 29.6 Å². The zero-order valence-corrected chi connectivity index (χ0v) is 13.2. The first-order valence-corrected chi connectivity index (χ1v) is 7.73. The van der Waals surface area contributed by atoms with Gasteiger partial charge in [0.15, 0.2) is 23.3 Å². The van der Waals surface area contributed by atoms with Gasteiger partial charge >= 0.3 is 5.97 Å². The highest BCUT2D eigenvalue weighted by atomic mass is 32.1. The van der Waals surface area contributed by atoms with E-state index in [4.69, 9.17) is 9.47 Å². The van der Waals surface area contributed by atoms with Gasteiger partial charge in [0.2, 0.25) is 0 Å². The number of amides is 1. The summed E-state index contributed by atoms with van der Waals surface area (Å²) in [5, 5.41) is 4.52. The van der Waals surface area contributed by atoms with Crippen LogP contribution in [0, 0.1) is 5.82 Å². The van der Waals surface area contributed by atoms with Crippen molar-refractivity contribution in [2.75, 3.05) is 18.5 Å². The molecular weight excluding hydrogens is 323 g/mol. The van der Waals surface area contributed by atoms with Crippen LogP contribution < -0.4 is 10.1 Å². The first-order valence-electron chi connectivity index (χ1n) is 6.85. The minimum Gasteiger partial charge on any atom is -0.481 e. The van der Waals surface area contributed by atoms with Gasteiger partial charge in [0.1, 0.15) is 0 Å². The van der Waals surface area contributed by atoms with Crippen molar-refractivity contribution in [3.05, 3.63) is 41.2 Å². The highest BCUT2D eigenvalue weighted by Gasteiger charge is 2.11. The summed E-state index contributed by atoms with van der Waals surface area (Å²) in [6.07, 6.45) is 0.0476. The molecule has 0 radical (unpaired) electrons. The highest BCUT2D eigenvalue weighted by molar-refractivity contribution is 7.13. The molecule has 0 bridgehead atoms. The van der Waals surface area contributed by atoms with Gasteiger partial charge in [0.25, 0.3) is 5.91 Å². The van der Waals surface area contributed by atoms with Crippen molar-refractivity contribution in [1.82, 2.24) is 4.98 Å². The van der Waals surface area contributed by atoms with Crippen molar-refractivity contribution in [2.24, 2.45) is 0 Å². The third-order valence-corrected chi connectivity index (χ3v) is 3.43. The van der Waals surface area contributed by atoms with Crippen LogP contribution in [0.25, 0.3) is 0 Å². The number of nitrogens with zero attached hydrogens (tertiary/aromatic N) is 1. The number of benzene rings is 1. The van der Waals surface area contributed by atoms with Crippen molar-refractivity contribution in [2.45, 2.75) is 13.3 Å². The van der Waals surface area contributed by atoms with E-state index in [9.17, 15) is 14.0 Å². The third-order valence-electron chi connectivity index (χ3n) is 2.62. The first-order chi connectivity index (χ1) is 11.1. The number of nitrogens with one attached hydrogen (secondary N) is 1. The number of anilines is 1. The monoisotopic (exact) mass is 338 g/mol. The van der Waals surface area contributed by atoms with Crippen LogP contribution in [0.4, 0.5) is 9.52 Å². The Hall–Kier alpha value is -2.48.